The number of rotatable bonds is 6. The van der Waals surface area contributed by atoms with E-state index in [9.17, 15) is 0 Å². The fraction of sp³-hybridized carbons (Fsp3) is 0.455. The van der Waals surface area contributed by atoms with Crippen molar-refractivity contribution in [2.45, 2.75) is 13.3 Å². The Morgan fingerprint density at radius 1 is 1.47 bits per heavy atom. The van der Waals surface area contributed by atoms with E-state index < -0.39 is 0 Å². The Bertz CT molecular complexity index is 307. The van der Waals surface area contributed by atoms with Gasteiger partial charge in [-0.15, -0.1) is 0 Å². The molecule has 0 aromatic heterocycles. The van der Waals surface area contributed by atoms with Crippen molar-refractivity contribution < 1.29 is 0 Å². The van der Waals surface area contributed by atoms with E-state index in [4.69, 9.17) is 11.6 Å². The molecule has 0 saturated carbocycles. The molecule has 1 aromatic rings. The average molecular weight is 309 g/mol. The first-order chi connectivity index (χ1) is 7.24. The second kappa shape index (κ2) is 7.42. The molecular formula is C11H15BrClNS. The summed E-state index contributed by atoms with van der Waals surface area (Å²) in [6.45, 7) is 3.20. The highest BCUT2D eigenvalue weighted by atomic mass is 79.9. The lowest BCUT2D eigenvalue weighted by molar-refractivity contribution is 0.992. The van der Waals surface area contributed by atoms with Crippen LogP contribution in [0.1, 0.15) is 13.3 Å². The molecule has 0 amide bonds. The predicted molar refractivity (Wildman–Crippen MR) is 75.3 cm³/mol. The Morgan fingerprint density at radius 2 is 2.27 bits per heavy atom. The molecule has 0 radical (unpaired) electrons. The maximum absolute atomic E-state index is 5.91. The van der Waals surface area contributed by atoms with Gasteiger partial charge in [-0.05, 0) is 52.1 Å². The minimum Gasteiger partial charge on any atom is -0.385 e. The van der Waals surface area contributed by atoms with Crippen LogP contribution in [-0.2, 0) is 0 Å². The number of anilines is 1. The van der Waals surface area contributed by atoms with Gasteiger partial charge < -0.3 is 5.32 Å². The first kappa shape index (κ1) is 13.2. The molecule has 1 rings (SSSR count). The SMILES string of the molecule is CCSCCCNc1ccc(Cl)c(Br)c1. The molecule has 0 aliphatic heterocycles. The van der Waals surface area contributed by atoms with Crippen molar-refractivity contribution in [1.82, 2.24) is 0 Å². The molecular weight excluding hydrogens is 294 g/mol. The Balaban J connectivity index is 2.28. The van der Waals surface area contributed by atoms with Crippen LogP contribution in [0.25, 0.3) is 0 Å². The smallest absolute Gasteiger partial charge is 0.0549 e. The quantitative estimate of drug-likeness (QED) is 0.767. The third kappa shape index (κ3) is 5.14. The van der Waals surface area contributed by atoms with Crippen molar-refractivity contribution in [2.24, 2.45) is 0 Å². The number of benzene rings is 1. The molecule has 0 unspecified atom stereocenters. The summed E-state index contributed by atoms with van der Waals surface area (Å²) in [7, 11) is 0. The highest BCUT2D eigenvalue weighted by Gasteiger charge is 1.97. The first-order valence-electron chi connectivity index (χ1n) is 5.00. The zero-order chi connectivity index (χ0) is 11.1. The van der Waals surface area contributed by atoms with E-state index in [0.717, 1.165) is 21.7 Å². The van der Waals surface area contributed by atoms with Crippen molar-refractivity contribution in [3.05, 3.63) is 27.7 Å². The normalized spacial score (nSPS) is 10.3. The van der Waals surface area contributed by atoms with Gasteiger partial charge in [0, 0.05) is 16.7 Å². The fourth-order valence-electron chi connectivity index (χ4n) is 1.16. The van der Waals surface area contributed by atoms with Crippen LogP contribution in [0.3, 0.4) is 0 Å². The van der Waals surface area contributed by atoms with E-state index in [1.54, 1.807) is 0 Å². The summed E-state index contributed by atoms with van der Waals surface area (Å²) >= 11 is 11.3. The third-order valence-corrected chi connectivity index (χ3v) is 4.12. The largest absolute Gasteiger partial charge is 0.385 e. The molecule has 84 valence electrons. The van der Waals surface area contributed by atoms with Gasteiger partial charge in [0.15, 0.2) is 0 Å². The predicted octanol–water partition coefficient (Wildman–Crippen LogP) is 4.66. The monoisotopic (exact) mass is 307 g/mol. The summed E-state index contributed by atoms with van der Waals surface area (Å²) in [5.74, 6) is 2.42. The minimum absolute atomic E-state index is 0.752. The van der Waals surface area contributed by atoms with Crippen LogP contribution in [0.5, 0.6) is 0 Å². The van der Waals surface area contributed by atoms with E-state index in [0.29, 0.717) is 0 Å². The zero-order valence-electron chi connectivity index (χ0n) is 8.72. The molecule has 4 heteroatoms. The summed E-state index contributed by atoms with van der Waals surface area (Å²) in [6, 6.07) is 5.91. The number of halogens is 2. The van der Waals surface area contributed by atoms with Crippen molar-refractivity contribution in [1.29, 1.82) is 0 Å². The van der Waals surface area contributed by atoms with Crippen LogP contribution >= 0.6 is 39.3 Å². The lowest BCUT2D eigenvalue weighted by Crippen LogP contribution is -2.02. The second-order valence-electron chi connectivity index (χ2n) is 3.11. The summed E-state index contributed by atoms with van der Waals surface area (Å²) < 4.78 is 0.942. The Morgan fingerprint density at radius 3 is 2.93 bits per heavy atom. The molecule has 1 nitrogen and oxygen atoms in total. The minimum atomic E-state index is 0.752. The molecule has 0 heterocycles. The van der Waals surface area contributed by atoms with Gasteiger partial charge >= 0.3 is 0 Å². The zero-order valence-corrected chi connectivity index (χ0v) is 11.9. The highest BCUT2D eigenvalue weighted by Crippen LogP contribution is 2.25. The van der Waals surface area contributed by atoms with E-state index in [2.05, 4.69) is 28.2 Å². The molecule has 0 saturated heterocycles. The van der Waals surface area contributed by atoms with Crippen LogP contribution in [0.15, 0.2) is 22.7 Å². The van der Waals surface area contributed by atoms with Crippen LogP contribution in [-0.4, -0.2) is 18.1 Å². The second-order valence-corrected chi connectivity index (χ2v) is 5.76. The van der Waals surface area contributed by atoms with Crippen LogP contribution in [0, 0.1) is 0 Å². The number of hydrogen-bond acceptors (Lipinski definition) is 2. The van der Waals surface area contributed by atoms with E-state index in [-0.39, 0.29) is 0 Å². The van der Waals surface area contributed by atoms with Gasteiger partial charge in [-0.25, -0.2) is 0 Å². The maximum Gasteiger partial charge on any atom is 0.0549 e. The van der Waals surface area contributed by atoms with Crippen molar-refractivity contribution in [3.8, 4) is 0 Å². The first-order valence-corrected chi connectivity index (χ1v) is 7.33. The van der Waals surface area contributed by atoms with Crippen molar-refractivity contribution in [2.75, 3.05) is 23.4 Å². The Labute approximate surface area is 109 Å². The Kier molecular flexibility index (Phi) is 6.53. The number of hydrogen-bond donors (Lipinski definition) is 1. The van der Waals surface area contributed by atoms with E-state index in [1.165, 1.54) is 17.9 Å². The lowest BCUT2D eigenvalue weighted by atomic mass is 10.3. The van der Waals surface area contributed by atoms with Crippen molar-refractivity contribution in [3.63, 3.8) is 0 Å². The summed E-state index contributed by atoms with van der Waals surface area (Å²) in [6.07, 6.45) is 1.19. The number of thioether (sulfide) groups is 1. The summed E-state index contributed by atoms with van der Waals surface area (Å²) in [5, 5.41) is 4.12. The van der Waals surface area contributed by atoms with E-state index >= 15 is 0 Å². The molecule has 0 bridgehead atoms. The number of nitrogens with one attached hydrogen (secondary N) is 1. The average Bonchev–Trinajstić information content (AvgIpc) is 2.23. The third-order valence-electron chi connectivity index (χ3n) is 1.92. The van der Waals surface area contributed by atoms with E-state index in [1.807, 2.05) is 30.0 Å². The highest BCUT2D eigenvalue weighted by molar-refractivity contribution is 9.10. The van der Waals surface area contributed by atoms with Gasteiger partial charge in [0.25, 0.3) is 0 Å². The van der Waals surface area contributed by atoms with Gasteiger partial charge in [0.05, 0.1) is 5.02 Å². The van der Waals surface area contributed by atoms with Crippen LogP contribution in [0.4, 0.5) is 5.69 Å². The molecule has 1 aromatic carbocycles. The van der Waals surface area contributed by atoms with Gasteiger partial charge in [0.2, 0.25) is 0 Å². The van der Waals surface area contributed by atoms with Crippen LogP contribution < -0.4 is 5.32 Å². The molecule has 0 fully saturated rings. The molecule has 1 N–H and O–H groups in total. The lowest BCUT2D eigenvalue weighted by Gasteiger charge is -2.06. The van der Waals surface area contributed by atoms with Gasteiger partial charge in [0.1, 0.15) is 0 Å². The molecule has 0 aliphatic carbocycles. The Hall–Kier alpha value is 0.140. The molecule has 0 spiro atoms. The maximum atomic E-state index is 5.91. The van der Waals surface area contributed by atoms with Gasteiger partial charge in [-0.1, -0.05) is 18.5 Å². The summed E-state index contributed by atoms with van der Waals surface area (Å²) in [4.78, 5) is 0. The summed E-state index contributed by atoms with van der Waals surface area (Å²) in [5.41, 5.74) is 1.12. The topological polar surface area (TPSA) is 12.0 Å². The molecule has 0 atom stereocenters. The standard InChI is InChI=1S/C11H15BrClNS/c1-2-15-7-3-6-14-9-4-5-11(13)10(12)8-9/h4-5,8,14H,2-3,6-7H2,1H3. The van der Waals surface area contributed by atoms with Gasteiger partial charge in [-0.2, -0.15) is 11.8 Å². The fourth-order valence-corrected chi connectivity index (χ4v) is 2.29. The molecule has 0 aliphatic rings. The molecule has 15 heavy (non-hydrogen) atoms. The van der Waals surface area contributed by atoms with Crippen LogP contribution in [0.2, 0.25) is 5.02 Å². The van der Waals surface area contributed by atoms with Crippen molar-refractivity contribution >= 4 is 45.0 Å². The van der Waals surface area contributed by atoms with Gasteiger partial charge in [-0.3, -0.25) is 0 Å².